The molecule has 1 amide bonds. The van der Waals surface area contributed by atoms with Crippen LogP contribution < -0.4 is 5.32 Å². The van der Waals surface area contributed by atoms with Crippen molar-refractivity contribution in [2.24, 2.45) is 0 Å². The predicted molar refractivity (Wildman–Crippen MR) is 98.1 cm³/mol. The number of anilines is 2. The Kier molecular flexibility index (Phi) is 6.15. The number of rotatable bonds is 6. The third kappa shape index (κ3) is 4.45. The number of aromatic nitrogens is 2. The first-order valence-corrected chi connectivity index (χ1v) is 8.41. The maximum absolute atomic E-state index is 12.4. The Bertz CT molecular complexity index is 710. The highest BCUT2D eigenvalue weighted by Crippen LogP contribution is 2.29. The molecule has 1 aromatic carbocycles. The molecule has 6 heteroatoms. The lowest BCUT2D eigenvalue weighted by Gasteiger charge is -2.17. The Labute approximate surface area is 148 Å². The van der Waals surface area contributed by atoms with E-state index >= 15 is 0 Å². The molecular weight excluding hydrogens is 324 g/mol. The zero-order chi connectivity index (χ0) is 17.7. The monoisotopic (exact) mass is 346 g/mol. The fourth-order valence-corrected chi connectivity index (χ4v) is 2.81. The molecule has 0 unspecified atom stereocenters. The van der Waals surface area contributed by atoms with Gasteiger partial charge < -0.3 is 10.2 Å². The number of nitrogens with one attached hydrogen (secondary N) is 1. The van der Waals surface area contributed by atoms with E-state index in [1.807, 2.05) is 26.0 Å². The quantitative estimate of drug-likeness (QED) is 0.844. The molecule has 0 aliphatic rings. The number of amides is 1. The van der Waals surface area contributed by atoms with Gasteiger partial charge in [-0.25, -0.2) is 9.97 Å². The molecular formula is C18H23ClN4O. The minimum absolute atomic E-state index is 0.111. The molecule has 0 aliphatic carbocycles. The van der Waals surface area contributed by atoms with Crippen molar-refractivity contribution in [1.29, 1.82) is 0 Å². The average molecular weight is 347 g/mol. The summed E-state index contributed by atoms with van der Waals surface area (Å²) in [7, 11) is 1.79. The second kappa shape index (κ2) is 8.11. The standard InChI is InChI=1S/C18H23ClN4O/c1-5-6-7-23(4)18(24)15-10-16(21-11-20-15)22-17-13(3)8-12(2)9-14(17)19/h8-11H,5-7H2,1-4H3,(H,20,21,22). The molecule has 0 aliphatic heterocycles. The maximum atomic E-state index is 12.4. The van der Waals surface area contributed by atoms with Crippen LogP contribution >= 0.6 is 11.6 Å². The number of carbonyl (C=O) groups is 1. The molecule has 1 aromatic heterocycles. The van der Waals surface area contributed by atoms with Crippen molar-refractivity contribution >= 4 is 29.0 Å². The summed E-state index contributed by atoms with van der Waals surface area (Å²) in [5.74, 6) is 0.437. The fraction of sp³-hybridized carbons (Fsp3) is 0.389. The number of benzene rings is 1. The lowest BCUT2D eigenvalue weighted by atomic mass is 10.1. The van der Waals surface area contributed by atoms with E-state index in [-0.39, 0.29) is 5.91 Å². The summed E-state index contributed by atoms with van der Waals surface area (Å²) >= 11 is 6.31. The van der Waals surface area contributed by atoms with Gasteiger partial charge >= 0.3 is 0 Å². The number of unbranched alkanes of at least 4 members (excludes halogenated alkanes) is 1. The summed E-state index contributed by atoms with van der Waals surface area (Å²) in [5.41, 5.74) is 3.27. The fourth-order valence-electron chi connectivity index (χ4n) is 2.44. The largest absolute Gasteiger partial charge is 0.340 e. The number of hydrogen-bond donors (Lipinski definition) is 1. The molecule has 0 spiro atoms. The van der Waals surface area contributed by atoms with Crippen LogP contribution in [0.1, 0.15) is 41.4 Å². The number of aryl methyl sites for hydroxylation is 2. The highest BCUT2D eigenvalue weighted by Gasteiger charge is 2.14. The Morgan fingerprint density at radius 1 is 1.25 bits per heavy atom. The smallest absolute Gasteiger partial charge is 0.272 e. The van der Waals surface area contributed by atoms with E-state index < -0.39 is 0 Å². The van der Waals surface area contributed by atoms with Crippen molar-refractivity contribution in [1.82, 2.24) is 14.9 Å². The summed E-state index contributed by atoms with van der Waals surface area (Å²) in [6.45, 7) is 6.78. The van der Waals surface area contributed by atoms with E-state index in [0.29, 0.717) is 23.1 Å². The van der Waals surface area contributed by atoms with Gasteiger partial charge in [0.05, 0.1) is 10.7 Å². The van der Waals surface area contributed by atoms with Gasteiger partial charge in [-0.05, 0) is 37.5 Å². The van der Waals surface area contributed by atoms with Crippen molar-refractivity contribution < 1.29 is 4.79 Å². The first-order chi connectivity index (χ1) is 11.4. The first-order valence-electron chi connectivity index (χ1n) is 8.03. The summed E-state index contributed by atoms with van der Waals surface area (Å²) in [6, 6.07) is 5.59. The zero-order valence-corrected chi connectivity index (χ0v) is 15.3. The Morgan fingerprint density at radius 2 is 2.00 bits per heavy atom. The predicted octanol–water partition coefficient (Wildman–Crippen LogP) is 4.36. The highest BCUT2D eigenvalue weighted by atomic mass is 35.5. The number of halogens is 1. The molecule has 0 saturated heterocycles. The molecule has 0 radical (unpaired) electrons. The van der Waals surface area contributed by atoms with Crippen molar-refractivity contribution in [3.63, 3.8) is 0 Å². The lowest BCUT2D eigenvalue weighted by molar-refractivity contribution is 0.0787. The van der Waals surface area contributed by atoms with Crippen LogP contribution in [0.4, 0.5) is 11.5 Å². The SMILES string of the molecule is CCCCN(C)C(=O)c1cc(Nc2c(C)cc(C)cc2Cl)ncn1. The van der Waals surface area contributed by atoms with Gasteiger partial charge in [0.15, 0.2) is 0 Å². The molecule has 0 fully saturated rings. The van der Waals surface area contributed by atoms with Gasteiger partial charge in [-0.15, -0.1) is 0 Å². The van der Waals surface area contributed by atoms with Crippen LogP contribution in [0.2, 0.25) is 5.02 Å². The molecule has 128 valence electrons. The Balaban J connectivity index is 2.21. The van der Waals surface area contributed by atoms with Crippen LogP contribution in [0.5, 0.6) is 0 Å². The number of carbonyl (C=O) groups excluding carboxylic acids is 1. The Hall–Kier alpha value is -2.14. The molecule has 0 bridgehead atoms. The number of hydrogen-bond acceptors (Lipinski definition) is 4. The van der Waals surface area contributed by atoms with Gasteiger partial charge in [0, 0.05) is 19.7 Å². The Morgan fingerprint density at radius 3 is 2.67 bits per heavy atom. The van der Waals surface area contributed by atoms with E-state index in [0.717, 1.165) is 29.7 Å². The van der Waals surface area contributed by atoms with Gasteiger partial charge in [-0.2, -0.15) is 0 Å². The minimum atomic E-state index is -0.111. The normalized spacial score (nSPS) is 10.5. The van der Waals surface area contributed by atoms with Gasteiger partial charge in [0.2, 0.25) is 0 Å². The third-order valence-electron chi connectivity index (χ3n) is 3.76. The van der Waals surface area contributed by atoms with Crippen LogP contribution in [0.3, 0.4) is 0 Å². The highest BCUT2D eigenvalue weighted by molar-refractivity contribution is 6.33. The molecule has 0 atom stereocenters. The molecule has 1 N–H and O–H groups in total. The van der Waals surface area contributed by atoms with Crippen LogP contribution in [0.15, 0.2) is 24.5 Å². The lowest BCUT2D eigenvalue weighted by Crippen LogP contribution is -2.28. The summed E-state index contributed by atoms with van der Waals surface area (Å²) in [4.78, 5) is 22.4. The molecule has 1 heterocycles. The van der Waals surface area contributed by atoms with Crippen LogP contribution in [0.25, 0.3) is 0 Å². The van der Waals surface area contributed by atoms with Gasteiger partial charge in [-0.3, -0.25) is 4.79 Å². The van der Waals surface area contributed by atoms with Crippen molar-refractivity contribution in [2.45, 2.75) is 33.6 Å². The van der Waals surface area contributed by atoms with E-state index in [9.17, 15) is 4.79 Å². The molecule has 2 rings (SSSR count). The van der Waals surface area contributed by atoms with Gasteiger partial charge in [0.1, 0.15) is 17.8 Å². The summed E-state index contributed by atoms with van der Waals surface area (Å²) in [5, 5.41) is 3.82. The van der Waals surface area contributed by atoms with E-state index in [1.165, 1.54) is 6.33 Å². The molecule has 5 nitrogen and oxygen atoms in total. The van der Waals surface area contributed by atoms with E-state index in [2.05, 4.69) is 22.2 Å². The topological polar surface area (TPSA) is 58.1 Å². The van der Waals surface area contributed by atoms with Gasteiger partial charge in [0.25, 0.3) is 5.91 Å². The number of nitrogens with zero attached hydrogens (tertiary/aromatic N) is 3. The molecule has 24 heavy (non-hydrogen) atoms. The zero-order valence-electron chi connectivity index (χ0n) is 14.6. The van der Waals surface area contributed by atoms with Crippen molar-refractivity contribution in [2.75, 3.05) is 18.9 Å². The van der Waals surface area contributed by atoms with E-state index in [1.54, 1.807) is 18.0 Å². The molecule has 0 saturated carbocycles. The van der Waals surface area contributed by atoms with Crippen LogP contribution in [0, 0.1) is 13.8 Å². The first kappa shape index (κ1) is 18.2. The van der Waals surface area contributed by atoms with Crippen molar-refractivity contribution in [3.05, 3.63) is 46.4 Å². The minimum Gasteiger partial charge on any atom is -0.340 e. The van der Waals surface area contributed by atoms with Crippen LogP contribution in [-0.2, 0) is 0 Å². The summed E-state index contributed by atoms with van der Waals surface area (Å²) in [6.07, 6.45) is 3.40. The maximum Gasteiger partial charge on any atom is 0.272 e. The van der Waals surface area contributed by atoms with E-state index in [4.69, 9.17) is 11.6 Å². The summed E-state index contributed by atoms with van der Waals surface area (Å²) < 4.78 is 0. The van der Waals surface area contributed by atoms with Gasteiger partial charge in [-0.1, -0.05) is 31.0 Å². The molecule has 2 aromatic rings. The third-order valence-corrected chi connectivity index (χ3v) is 4.06. The second-order valence-corrected chi connectivity index (χ2v) is 6.34. The van der Waals surface area contributed by atoms with Crippen LogP contribution in [-0.4, -0.2) is 34.4 Å². The second-order valence-electron chi connectivity index (χ2n) is 5.93. The van der Waals surface area contributed by atoms with Crippen molar-refractivity contribution in [3.8, 4) is 0 Å². The average Bonchev–Trinajstić information content (AvgIpc) is 2.55.